The molecule has 3 rings (SSSR count). The number of hydrogen-bond acceptors (Lipinski definition) is 4. The van der Waals surface area contributed by atoms with Gasteiger partial charge in [0.1, 0.15) is 5.25 Å². The maximum absolute atomic E-state index is 12.5. The number of amides is 1. The van der Waals surface area contributed by atoms with E-state index in [2.05, 4.69) is 4.99 Å². The van der Waals surface area contributed by atoms with E-state index in [1.54, 1.807) is 24.3 Å². The van der Waals surface area contributed by atoms with Crippen LogP contribution < -0.4 is 0 Å². The highest BCUT2D eigenvalue weighted by Gasteiger charge is 2.44. The molecule has 1 amide bonds. The topological polar surface area (TPSA) is 93.8 Å². The van der Waals surface area contributed by atoms with E-state index < -0.39 is 17.1 Å². The van der Waals surface area contributed by atoms with Gasteiger partial charge in [0.2, 0.25) is 0 Å². The second-order valence-corrected chi connectivity index (χ2v) is 7.46. The fourth-order valence-electron chi connectivity index (χ4n) is 3.44. The van der Waals surface area contributed by atoms with Crippen LogP contribution in [0.1, 0.15) is 48.5 Å². The van der Waals surface area contributed by atoms with Gasteiger partial charge in [0, 0.05) is 11.6 Å². The normalized spacial score (nSPS) is 25.3. The van der Waals surface area contributed by atoms with Crippen molar-refractivity contribution in [3.63, 3.8) is 0 Å². The van der Waals surface area contributed by atoms with Gasteiger partial charge in [-0.25, -0.2) is 0 Å². The Kier molecular flexibility index (Phi) is 5.09. The molecule has 1 N–H and O–H groups in total. The number of thioether (sulfide) groups is 1. The Labute approximate surface area is 150 Å². The summed E-state index contributed by atoms with van der Waals surface area (Å²) in [6.45, 7) is 1.89. The van der Waals surface area contributed by atoms with Crippen molar-refractivity contribution < 1.29 is 14.7 Å². The van der Waals surface area contributed by atoms with Crippen LogP contribution in [0.4, 0.5) is 0 Å². The maximum Gasteiger partial charge on any atom is 0.319 e. The average Bonchev–Trinajstić information content (AvgIpc) is 3.22. The molecule has 1 aliphatic heterocycles. The van der Waals surface area contributed by atoms with Crippen LogP contribution in [0.15, 0.2) is 29.3 Å². The molecule has 25 heavy (non-hydrogen) atoms. The molecule has 1 saturated heterocycles. The predicted octanol–water partition coefficient (Wildman–Crippen LogP) is 2.89. The minimum atomic E-state index is -0.878. The van der Waals surface area contributed by atoms with Crippen LogP contribution in [-0.2, 0) is 4.79 Å². The molecule has 1 aromatic carbocycles. The molecule has 2 fully saturated rings. The van der Waals surface area contributed by atoms with Gasteiger partial charge in [-0.15, -0.1) is 0 Å². The molecule has 6 nitrogen and oxygen atoms in total. The van der Waals surface area contributed by atoms with Crippen LogP contribution in [0.3, 0.4) is 0 Å². The molecule has 2 unspecified atom stereocenters. The van der Waals surface area contributed by atoms with Crippen molar-refractivity contribution in [2.75, 3.05) is 0 Å². The highest BCUT2D eigenvalue weighted by molar-refractivity contribution is 8.15. The van der Waals surface area contributed by atoms with E-state index in [0.29, 0.717) is 16.3 Å². The van der Waals surface area contributed by atoms with E-state index in [9.17, 15) is 14.7 Å². The van der Waals surface area contributed by atoms with Gasteiger partial charge in [-0.05, 0) is 44.0 Å². The van der Waals surface area contributed by atoms with Gasteiger partial charge in [0.25, 0.3) is 5.91 Å². The van der Waals surface area contributed by atoms with Crippen molar-refractivity contribution in [3.05, 3.63) is 35.4 Å². The molecule has 0 bridgehead atoms. The third kappa shape index (κ3) is 3.54. The molecule has 0 aromatic heterocycles. The second kappa shape index (κ2) is 7.28. The number of carbonyl (C=O) groups is 2. The SMILES string of the molecule is CC1C(C(=O)O)SC(=NC(=O)c2ccc(C#N)cc2)N1C1CCCC1. The number of amidine groups is 1. The summed E-state index contributed by atoms with van der Waals surface area (Å²) in [6.07, 6.45) is 4.24. The number of carbonyl (C=O) groups excluding carboxylic acids is 1. The van der Waals surface area contributed by atoms with Crippen molar-refractivity contribution in [2.24, 2.45) is 4.99 Å². The lowest BCUT2D eigenvalue weighted by atomic mass is 10.1. The van der Waals surface area contributed by atoms with E-state index in [1.807, 2.05) is 17.9 Å². The smallest absolute Gasteiger partial charge is 0.319 e. The van der Waals surface area contributed by atoms with Crippen molar-refractivity contribution in [1.29, 1.82) is 5.26 Å². The fraction of sp³-hybridized carbons (Fsp3) is 0.444. The Bertz CT molecular complexity index is 748. The zero-order valence-corrected chi connectivity index (χ0v) is 14.7. The van der Waals surface area contributed by atoms with E-state index >= 15 is 0 Å². The van der Waals surface area contributed by atoms with Gasteiger partial charge in [-0.1, -0.05) is 24.6 Å². The first-order valence-corrected chi connectivity index (χ1v) is 9.20. The van der Waals surface area contributed by atoms with Crippen LogP contribution >= 0.6 is 11.8 Å². The Morgan fingerprint density at radius 3 is 2.48 bits per heavy atom. The molecule has 1 aromatic rings. The summed E-state index contributed by atoms with van der Waals surface area (Å²) in [5.41, 5.74) is 0.872. The maximum atomic E-state index is 12.5. The number of aliphatic carboxylic acids is 1. The minimum Gasteiger partial charge on any atom is -0.480 e. The van der Waals surface area contributed by atoms with Gasteiger partial charge in [0.05, 0.1) is 17.7 Å². The zero-order valence-electron chi connectivity index (χ0n) is 13.9. The quantitative estimate of drug-likeness (QED) is 0.894. The second-order valence-electron chi connectivity index (χ2n) is 6.35. The van der Waals surface area contributed by atoms with Gasteiger partial charge in [0.15, 0.2) is 5.17 Å². The van der Waals surface area contributed by atoms with Crippen LogP contribution in [-0.4, -0.2) is 44.4 Å². The number of rotatable bonds is 3. The summed E-state index contributed by atoms with van der Waals surface area (Å²) in [5, 5.41) is 18.2. The monoisotopic (exact) mass is 357 g/mol. The van der Waals surface area contributed by atoms with Crippen molar-refractivity contribution in [3.8, 4) is 6.07 Å². The summed E-state index contributed by atoms with van der Waals surface area (Å²) in [7, 11) is 0. The highest BCUT2D eigenvalue weighted by atomic mass is 32.2. The van der Waals surface area contributed by atoms with Crippen molar-refractivity contribution >= 4 is 28.8 Å². The standard InChI is InChI=1S/C18H19N3O3S/c1-11-15(17(23)24)25-18(21(11)14-4-2-3-5-14)20-16(22)13-8-6-12(10-19)7-9-13/h6-9,11,14-15H,2-5H2,1H3,(H,23,24). The van der Waals surface area contributed by atoms with Gasteiger partial charge < -0.3 is 10.0 Å². The number of aliphatic imine (C=N–C) groups is 1. The van der Waals surface area contributed by atoms with Gasteiger partial charge in [-0.3, -0.25) is 9.59 Å². The van der Waals surface area contributed by atoms with E-state index in [0.717, 1.165) is 37.4 Å². The van der Waals surface area contributed by atoms with Crippen LogP contribution in [0.5, 0.6) is 0 Å². The number of nitriles is 1. The lowest BCUT2D eigenvalue weighted by Crippen LogP contribution is -2.43. The first kappa shape index (κ1) is 17.5. The van der Waals surface area contributed by atoms with Crippen molar-refractivity contribution in [2.45, 2.75) is 49.9 Å². The summed E-state index contributed by atoms with van der Waals surface area (Å²) < 4.78 is 0. The summed E-state index contributed by atoms with van der Waals surface area (Å²) in [5.74, 6) is -1.29. The van der Waals surface area contributed by atoms with Crippen LogP contribution in [0.2, 0.25) is 0 Å². The Balaban J connectivity index is 1.88. The van der Waals surface area contributed by atoms with Crippen molar-refractivity contribution in [1.82, 2.24) is 4.90 Å². The minimum absolute atomic E-state index is 0.196. The number of carboxylic acids is 1. The Hall–Kier alpha value is -2.33. The molecule has 7 heteroatoms. The third-order valence-electron chi connectivity index (χ3n) is 4.75. The largest absolute Gasteiger partial charge is 0.480 e. The molecule has 1 aliphatic carbocycles. The highest BCUT2D eigenvalue weighted by Crippen LogP contribution is 2.38. The van der Waals surface area contributed by atoms with Gasteiger partial charge >= 0.3 is 5.97 Å². The Morgan fingerprint density at radius 1 is 1.28 bits per heavy atom. The lowest BCUT2D eigenvalue weighted by molar-refractivity contribution is -0.137. The molecule has 2 atom stereocenters. The number of benzene rings is 1. The molecular formula is C18H19N3O3S. The third-order valence-corrected chi connectivity index (χ3v) is 6.11. The molecule has 2 aliphatic rings. The summed E-state index contributed by atoms with van der Waals surface area (Å²) in [6, 6.07) is 8.36. The summed E-state index contributed by atoms with van der Waals surface area (Å²) in [4.78, 5) is 30.3. The fourth-order valence-corrected chi connectivity index (χ4v) is 4.67. The number of carboxylic acid groups (broad SMARTS) is 1. The Morgan fingerprint density at radius 2 is 1.92 bits per heavy atom. The van der Waals surface area contributed by atoms with Crippen LogP contribution in [0.25, 0.3) is 0 Å². The van der Waals surface area contributed by atoms with E-state index in [1.165, 1.54) is 0 Å². The van der Waals surface area contributed by atoms with Crippen LogP contribution in [0, 0.1) is 11.3 Å². The predicted molar refractivity (Wildman–Crippen MR) is 95.5 cm³/mol. The van der Waals surface area contributed by atoms with Gasteiger partial charge in [-0.2, -0.15) is 10.3 Å². The van der Waals surface area contributed by atoms with E-state index in [4.69, 9.17) is 5.26 Å². The molecule has 130 valence electrons. The molecule has 0 spiro atoms. The number of nitrogens with zero attached hydrogens (tertiary/aromatic N) is 3. The first-order valence-electron chi connectivity index (χ1n) is 8.32. The average molecular weight is 357 g/mol. The molecule has 1 saturated carbocycles. The zero-order chi connectivity index (χ0) is 18.0. The molecule has 0 radical (unpaired) electrons. The first-order chi connectivity index (χ1) is 12.0. The van der Waals surface area contributed by atoms with E-state index in [-0.39, 0.29) is 12.1 Å². The summed E-state index contributed by atoms with van der Waals surface area (Å²) >= 11 is 1.16. The lowest BCUT2D eigenvalue weighted by Gasteiger charge is -2.30. The number of hydrogen-bond donors (Lipinski definition) is 1. The molecule has 1 heterocycles. The molecular weight excluding hydrogens is 338 g/mol.